The summed E-state index contributed by atoms with van der Waals surface area (Å²) in [5.41, 5.74) is 2.32. The second-order valence-electron chi connectivity index (χ2n) is 5.03. The highest BCUT2D eigenvalue weighted by Crippen LogP contribution is 2.24. The first kappa shape index (κ1) is 13.9. The van der Waals surface area contributed by atoms with Gasteiger partial charge < -0.3 is 15.1 Å². The minimum Gasteiger partial charge on any atom is -0.353 e. The predicted octanol–water partition coefficient (Wildman–Crippen LogP) is 0.116. The summed E-state index contributed by atoms with van der Waals surface area (Å²) < 4.78 is 1.95. The molecule has 2 rings (SSSR count). The molecule has 1 amide bonds. The molecule has 0 aliphatic carbocycles. The van der Waals surface area contributed by atoms with Crippen LogP contribution in [0.25, 0.3) is 0 Å². The third-order valence-corrected chi connectivity index (χ3v) is 3.69. The van der Waals surface area contributed by atoms with E-state index in [1.165, 1.54) is 11.4 Å². The number of rotatable bonds is 3. The van der Waals surface area contributed by atoms with Gasteiger partial charge in [0.1, 0.15) is 5.82 Å². The van der Waals surface area contributed by atoms with Gasteiger partial charge in [-0.2, -0.15) is 5.10 Å². The molecule has 0 bridgehead atoms. The number of aryl methyl sites for hydroxylation is 2. The fourth-order valence-corrected chi connectivity index (χ4v) is 2.70. The maximum Gasteiger partial charge on any atom is 0.219 e. The van der Waals surface area contributed by atoms with Crippen molar-refractivity contribution < 1.29 is 4.79 Å². The average Bonchev–Trinajstić information content (AvgIpc) is 2.65. The van der Waals surface area contributed by atoms with Crippen LogP contribution in [-0.2, 0) is 18.4 Å². The van der Waals surface area contributed by atoms with Gasteiger partial charge in [0.25, 0.3) is 0 Å². The standard InChI is InChI=1S/C13H23N5O/c1-10-12(9-14-3)13(16(4)15-10)18-7-5-17(6-8-18)11(2)19/h14H,5-9H2,1-4H3. The van der Waals surface area contributed by atoms with Gasteiger partial charge in [0.05, 0.1) is 5.69 Å². The van der Waals surface area contributed by atoms with E-state index >= 15 is 0 Å². The van der Waals surface area contributed by atoms with Gasteiger partial charge in [0.2, 0.25) is 5.91 Å². The van der Waals surface area contributed by atoms with E-state index in [-0.39, 0.29) is 5.91 Å². The largest absolute Gasteiger partial charge is 0.353 e. The Morgan fingerprint density at radius 2 is 1.95 bits per heavy atom. The first-order valence-corrected chi connectivity index (χ1v) is 6.72. The second kappa shape index (κ2) is 5.61. The minimum atomic E-state index is 0.163. The molecule has 1 fully saturated rings. The van der Waals surface area contributed by atoms with Crippen LogP contribution in [0.15, 0.2) is 0 Å². The number of anilines is 1. The lowest BCUT2D eigenvalue weighted by Crippen LogP contribution is -2.48. The molecule has 0 aromatic carbocycles. The Balaban J connectivity index is 2.17. The highest BCUT2D eigenvalue weighted by molar-refractivity contribution is 5.73. The summed E-state index contributed by atoms with van der Waals surface area (Å²) in [7, 11) is 3.93. The number of hydrogen-bond donors (Lipinski definition) is 1. The number of nitrogens with zero attached hydrogens (tertiary/aromatic N) is 4. The maximum absolute atomic E-state index is 11.4. The molecule has 1 aliphatic rings. The summed E-state index contributed by atoms with van der Waals surface area (Å²) in [6, 6.07) is 0. The van der Waals surface area contributed by atoms with E-state index in [4.69, 9.17) is 0 Å². The number of piperazine rings is 1. The Morgan fingerprint density at radius 3 is 2.47 bits per heavy atom. The summed E-state index contributed by atoms with van der Waals surface area (Å²) in [6.07, 6.45) is 0. The highest BCUT2D eigenvalue weighted by atomic mass is 16.2. The van der Waals surface area contributed by atoms with Crippen LogP contribution in [0.2, 0.25) is 0 Å². The summed E-state index contributed by atoms with van der Waals surface area (Å²) in [4.78, 5) is 15.6. The Morgan fingerprint density at radius 1 is 1.32 bits per heavy atom. The van der Waals surface area contributed by atoms with E-state index in [0.29, 0.717) is 0 Å². The number of aromatic nitrogens is 2. The van der Waals surface area contributed by atoms with Crippen LogP contribution in [0, 0.1) is 6.92 Å². The molecule has 1 saturated heterocycles. The SMILES string of the molecule is CNCc1c(C)nn(C)c1N1CCN(C(C)=O)CC1. The third kappa shape index (κ3) is 2.73. The molecule has 0 spiro atoms. The molecule has 1 aromatic rings. The number of hydrogen-bond acceptors (Lipinski definition) is 4. The zero-order valence-corrected chi connectivity index (χ0v) is 12.2. The van der Waals surface area contributed by atoms with Crippen LogP contribution in [0.1, 0.15) is 18.2 Å². The van der Waals surface area contributed by atoms with Crippen molar-refractivity contribution >= 4 is 11.7 Å². The molecule has 2 heterocycles. The Kier molecular flexibility index (Phi) is 4.09. The zero-order chi connectivity index (χ0) is 14.0. The molecule has 106 valence electrons. The fraction of sp³-hybridized carbons (Fsp3) is 0.692. The van der Waals surface area contributed by atoms with Crippen molar-refractivity contribution in [3.8, 4) is 0 Å². The van der Waals surface area contributed by atoms with Crippen molar-refractivity contribution in [3.05, 3.63) is 11.3 Å². The second-order valence-corrected chi connectivity index (χ2v) is 5.03. The molecule has 0 atom stereocenters. The van der Waals surface area contributed by atoms with E-state index in [1.54, 1.807) is 6.92 Å². The van der Waals surface area contributed by atoms with Crippen LogP contribution in [0.3, 0.4) is 0 Å². The average molecular weight is 265 g/mol. The van der Waals surface area contributed by atoms with Gasteiger partial charge in [-0.15, -0.1) is 0 Å². The lowest BCUT2D eigenvalue weighted by Gasteiger charge is -2.36. The van der Waals surface area contributed by atoms with E-state index in [0.717, 1.165) is 38.4 Å². The Bertz CT molecular complexity index is 460. The van der Waals surface area contributed by atoms with E-state index < -0.39 is 0 Å². The van der Waals surface area contributed by atoms with Gasteiger partial charge in [-0.25, -0.2) is 0 Å². The van der Waals surface area contributed by atoms with Crippen LogP contribution in [0.4, 0.5) is 5.82 Å². The van der Waals surface area contributed by atoms with Crippen molar-refractivity contribution in [2.75, 3.05) is 38.1 Å². The molecule has 6 nitrogen and oxygen atoms in total. The molecule has 1 aromatic heterocycles. The van der Waals surface area contributed by atoms with Crippen molar-refractivity contribution in [1.29, 1.82) is 0 Å². The maximum atomic E-state index is 11.4. The Hall–Kier alpha value is -1.56. The molecule has 19 heavy (non-hydrogen) atoms. The summed E-state index contributed by atoms with van der Waals surface area (Å²) in [5.74, 6) is 1.34. The molecule has 0 unspecified atom stereocenters. The van der Waals surface area contributed by atoms with E-state index in [2.05, 4.69) is 15.3 Å². The molecule has 0 radical (unpaired) electrons. The molecule has 6 heteroatoms. The first-order valence-electron chi connectivity index (χ1n) is 6.72. The van der Waals surface area contributed by atoms with Gasteiger partial charge in [-0.3, -0.25) is 9.48 Å². The van der Waals surface area contributed by atoms with Gasteiger partial charge >= 0.3 is 0 Å². The molecular weight excluding hydrogens is 242 g/mol. The smallest absolute Gasteiger partial charge is 0.219 e. The summed E-state index contributed by atoms with van der Waals surface area (Å²) >= 11 is 0. The van der Waals surface area contributed by atoms with Crippen LogP contribution in [-0.4, -0.2) is 53.8 Å². The van der Waals surface area contributed by atoms with Crippen molar-refractivity contribution in [2.45, 2.75) is 20.4 Å². The zero-order valence-electron chi connectivity index (χ0n) is 12.2. The molecule has 1 N–H and O–H groups in total. The molecular formula is C13H23N5O. The number of nitrogens with one attached hydrogen (secondary N) is 1. The normalized spacial score (nSPS) is 16.0. The monoisotopic (exact) mass is 265 g/mol. The van der Waals surface area contributed by atoms with Crippen LogP contribution < -0.4 is 10.2 Å². The van der Waals surface area contributed by atoms with Gasteiger partial charge in [0, 0.05) is 52.3 Å². The van der Waals surface area contributed by atoms with Gasteiger partial charge in [-0.05, 0) is 14.0 Å². The van der Waals surface area contributed by atoms with Crippen molar-refractivity contribution in [3.63, 3.8) is 0 Å². The predicted molar refractivity (Wildman–Crippen MR) is 75.2 cm³/mol. The lowest BCUT2D eigenvalue weighted by molar-refractivity contribution is -0.129. The van der Waals surface area contributed by atoms with E-state index in [1.807, 2.05) is 30.6 Å². The van der Waals surface area contributed by atoms with Crippen LogP contribution in [0.5, 0.6) is 0 Å². The van der Waals surface area contributed by atoms with Gasteiger partial charge in [-0.1, -0.05) is 0 Å². The molecule has 1 aliphatic heterocycles. The first-order chi connectivity index (χ1) is 9.04. The summed E-state index contributed by atoms with van der Waals surface area (Å²) in [6.45, 7) is 7.82. The highest BCUT2D eigenvalue weighted by Gasteiger charge is 2.24. The van der Waals surface area contributed by atoms with Crippen molar-refractivity contribution in [1.82, 2.24) is 20.0 Å². The lowest BCUT2D eigenvalue weighted by atomic mass is 10.2. The quantitative estimate of drug-likeness (QED) is 0.843. The van der Waals surface area contributed by atoms with Crippen LogP contribution >= 0.6 is 0 Å². The third-order valence-electron chi connectivity index (χ3n) is 3.69. The number of amides is 1. The minimum absolute atomic E-state index is 0.163. The van der Waals surface area contributed by atoms with Crippen molar-refractivity contribution in [2.24, 2.45) is 7.05 Å². The number of carbonyl (C=O) groups is 1. The number of carbonyl (C=O) groups excluding carboxylic acids is 1. The Labute approximate surface area is 114 Å². The summed E-state index contributed by atoms with van der Waals surface area (Å²) in [5, 5.41) is 7.71. The molecule has 0 saturated carbocycles. The topological polar surface area (TPSA) is 53.4 Å². The van der Waals surface area contributed by atoms with E-state index in [9.17, 15) is 4.79 Å². The van der Waals surface area contributed by atoms with Gasteiger partial charge in [0.15, 0.2) is 0 Å². The fourth-order valence-electron chi connectivity index (χ4n) is 2.70.